The van der Waals surface area contributed by atoms with Crippen molar-refractivity contribution >= 4 is 12.1 Å². The van der Waals surface area contributed by atoms with Gasteiger partial charge < -0.3 is 0 Å². The SMILES string of the molecule is CC(=O)c1ccc(C(F)(F)F)cc1C=O. The molecule has 0 aliphatic rings. The lowest BCUT2D eigenvalue weighted by molar-refractivity contribution is -0.137. The Balaban J connectivity index is 3.31. The number of carbonyl (C=O) groups is 2. The Morgan fingerprint density at radius 2 is 1.93 bits per heavy atom. The van der Waals surface area contributed by atoms with Gasteiger partial charge in [-0.25, -0.2) is 0 Å². The third-order valence-electron chi connectivity index (χ3n) is 1.89. The number of Topliss-reactive ketones (excluding diaryl/α,β-unsaturated/α-hetero) is 1. The molecule has 0 atom stereocenters. The first kappa shape index (κ1) is 11.4. The van der Waals surface area contributed by atoms with Crippen molar-refractivity contribution in [3.05, 3.63) is 34.9 Å². The van der Waals surface area contributed by atoms with E-state index in [-0.39, 0.29) is 17.4 Å². The summed E-state index contributed by atoms with van der Waals surface area (Å²) in [6, 6.07) is 2.46. The van der Waals surface area contributed by atoms with E-state index in [1.54, 1.807) is 0 Å². The zero-order chi connectivity index (χ0) is 11.6. The van der Waals surface area contributed by atoms with E-state index in [0.29, 0.717) is 6.07 Å². The molecule has 1 aromatic rings. The second-order valence-electron chi connectivity index (χ2n) is 2.97. The number of hydrogen-bond acceptors (Lipinski definition) is 2. The normalized spacial score (nSPS) is 11.2. The van der Waals surface area contributed by atoms with Crippen LogP contribution in [0.4, 0.5) is 13.2 Å². The number of aldehydes is 1. The van der Waals surface area contributed by atoms with Crippen LogP contribution in [0.3, 0.4) is 0 Å². The van der Waals surface area contributed by atoms with E-state index in [1.165, 1.54) is 6.92 Å². The average molecular weight is 216 g/mol. The van der Waals surface area contributed by atoms with Gasteiger partial charge >= 0.3 is 6.18 Å². The van der Waals surface area contributed by atoms with Crippen LogP contribution < -0.4 is 0 Å². The van der Waals surface area contributed by atoms with Crippen LogP contribution in [0.1, 0.15) is 33.2 Å². The molecule has 1 aromatic carbocycles. The highest BCUT2D eigenvalue weighted by molar-refractivity contribution is 6.01. The molecule has 0 bridgehead atoms. The largest absolute Gasteiger partial charge is 0.416 e. The molecule has 0 saturated heterocycles. The summed E-state index contributed by atoms with van der Waals surface area (Å²) in [7, 11) is 0. The minimum Gasteiger partial charge on any atom is -0.298 e. The molecule has 0 heterocycles. The number of halogens is 3. The number of rotatable bonds is 2. The summed E-state index contributed by atoms with van der Waals surface area (Å²) in [6.07, 6.45) is -4.26. The van der Waals surface area contributed by atoms with Gasteiger partial charge in [0.1, 0.15) is 0 Å². The predicted octanol–water partition coefficient (Wildman–Crippen LogP) is 2.72. The molecule has 2 nitrogen and oxygen atoms in total. The second kappa shape index (κ2) is 3.84. The molecule has 5 heteroatoms. The van der Waals surface area contributed by atoms with E-state index < -0.39 is 17.5 Å². The summed E-state index contributed by atoms with van der Waals surface area (Å²) in [5.41, 5.74) is -1.18. The molecule has 0 fully saturated rings. The topological polar surface area (TPSA) is 34.1 Å². The lowest BCUT2D eigenvalue weighted by atomic mass is 10.0. The molecule has 0 unspecified atom stereocenters. The molecule has 80 valence electrons. The number of hydrogen-bond donors (Lipinski definition) is 0. The molecular formula is C10H7F3O2. The average Bonchev–Trinajstić information content (AvgIpc) is 2.15. The second-order valence-corrected chi connectivity index (χ2v) is 2.97. The van der Waals surface area contributed by atoms with Crippen molar-refractivity contribution < 1.29 is 22.8 Å². The Labute approximate surface area is 83.7 Å². The maximum absolute atomic E-state index is 12.2. The summed E-state index contributed by atoms with van der Waals surface area (Å²) in [5.74, 6) is -0.439. The summed E-state index contributed by atoms with van der Waals surface area (Å²) >= 11 is 0. The van der Waals surface area contributed by atoms with Crippen molar-refractivity contribution in [1.82, 2.24) is 0 Å². The van der Waals surface area contributed by atoms with Crippen LogP contribution in [0.15, 0.2) is 18.2 Å². The number of ketones is 1. The van der Waals surface area contributed by atoms with Crippen LogP contribution >= 0.6 is 0 Å². The van der Waals surface area contributed by atoms with Crippen LogP contribution in [0.5, 0.6) is 0 Å². The van der Waals surface area contributed by atoms with E-state index in [1.807, 2.05) is 0 Å². The lowest BCUT2D eigenvalue weighted by Crippen LogP contribution is -2.08. The quantitative estimate of drug-likeness (QED) is 0.562. The van der Waals surface area contributed by atoms with Gasteiger partial charge in [-0.15, -0.1) is 0 Å². The fourth-order valence-corrected chi connectivity index (χ4v) is 1.16. The standard InChI is InChI=1S/C10H7F3O2/c1-6(15)9-3-2-8(10(11,12)13)4-7(9)5-14/h2-5H,1H3. The molecule has 0 N–H and O–H groups in total. The van der Waals surface area contributed by atoms with E-state index >= 15 is 0 Å². The Hall–Kier alpha value is -1.65. The first-order valence-electron chi connectivity index (χ1n) is 4.03. The highest BCUT2D eigenvalue weighted by Gasteiger charge is 2.31. The Morgan fingerprint density at radius 1 is 1.33 bits per heavy atom. The smallest absolute Gasteiger partial charge is 0.298 e. The van der Waals surface area contributed by atoms with E-state index in [9.17, 15) is 22.8 Å². The van der Waals surface area contributed by atoms with Gasteiger partial charge in [0, 0.05) is 11.1 Å². The van der Waals surface area contributed by atoms with Gasteiger partial charge in [-0.2, -0.15) is 13.2 Å². The molecular weight excluding hydrogens is 209 g/mol. The predicted molar refractivity (Wildman–Crippen MR) is 46.8 cm³/mol. The van der Waals surface area contributed by atoms with Gasteiger partial charge in [-0.3, -0.25) is 9.59 Å². The summed E-state index contributed by atoms with van der Waals surface area (Å²) in [5, 5.41) is 0. The van der Waals surface area contributed by atoms with Gasteiger partial charge in [0.25, 0.3) is 0 Å². The first-order chi connectivity index (χ1) is 6.86. The molecule has 0 radical (unpaired) electrons. The van der Waals surface area contributed by atoms with E-state index in [4.69, 9.17) is 0 Å². The zero-order valence-corrected chi connectivity index (χ0v) is 7.76. The van der Waals surface area contributed by atoms with Crippen molar-refractivity contribution in [1.29, 1.82) is 0 Å². The van der Waals surface area contributed by atoms with Crippen molar-refractivity contribution in [2.45, 2.75) is 13.1 Å². The van der Waals surface area contributed by atoms with Crippen LogP contribution in [0.25, 0.3) is 0 Å². The number of benzene rings is 1. The van der Waals surface area contributed by atoms with Crippen LogP contribution in [0, 0.1) is 0 Å². The van der Waals surface area contributed by atoms with Gasteiger partial charge in [-0.05, 0) is 19.1 Å². The number of carbonyl (C=O) groups excluding carboxylic acids is 2. The fourth-order valence-electron chi connectivity index (χ4n) is 1.16. The maximum atomic E-state index is 12.2. The summed E-state index contributed by atoms with van der Waals surface area (Å²) in [6.45, 7) is 1.19. The Bertz CT molecular complexity index is 408. The molecule has 15 heavy (non-hydrogen) atoms. The highest BCUT2D eigenvalue weighted by Crippen LogP contribution is 2.30. The van der Waals surface area contributed by atoms with Gasteiger partial charge in [-0.1, -0.05) is 6.07 Å². The van der Waals surface area contributed by atoms with Crippen LogP contribution in [-0.2, 0) is 6.18 Å². The van der Waals surface area contributed by atoms with Crippen molar-refractivity contribution in [2.24, 2.45) is 0 Å². The monoisotopic (exact) mass is 216 g/mol. The van der Waals surface area contributed by atoms with Gasteiger partial charge in [0.15, 0.2) is 12.1 Å². The Kier molecular flexibility index (Phi) is 2.93. The lowest BCUT2D eigenvalue weighted by Gasteiger charge is -2.08. The molecule has 0 aromatic heterocycles. The molecule has 0 aliphatic carbocycles. The van der Waals surface area contributed by atoms with Crippen molar-refractivity contribution in [2.75, 3.05) is 0 Å². The molecule has 0 spiro atoms. The minimum atomic E-state index is -4.51. The zero-order valence-electron chi connectivity index (χ0n) is 7.76. The molecule has 1 rings (SSSR count). The van der Waals surface area contributed by atoms with E-state index in [2.05, 4.69) is 0 Å². The van der Waals surface area contributed by atoms with Crippen molar-refractivity contribution in [3.63, 3.8) is 0 Å². The van der Waals surface area contributed by atoms with Crippen LogP contribution in [-0.4, -0.2) is 12.1 Å². The molecule has 0 aliphatic heterocycles. The number of alkyl halides is 3. The van der Waals surface area contributed by atoms with Gasteiger partial charge in [0.05, 0.1) is 5.56 Å². The van der Waals surface area contributed by atoms with Crippen LogP contribution in [0.2, 0.25) is 0 Å². The maximum Gasteiger partial charge on any atom is 0.416 e. The third-order valence-corrected chi connectivity index (χ3v) is 1.89. The summed E-state index contributed by atoms with van der Waals surface area (Å²) in [4.78, 5) is 21.4. The third kappa shape index (κ3) is 2.43. The Morgan fingerprint density at radius 3 is 2.33 bits per heavy atom. The highest BCUT2D eigenvalue weighted by atomic mass is 19.4. The van der Waals surface area contributed by atoms with E-state index in [0.717, 1.165) is 12.1 Å². The fraction of sp³-hybridized carbons (Fsp3) is 0.200. The minimum absolute atomic E-state index is 0.00185. The molecule has 0 saturated carbocycles. The molecule has 0 amide bonds. The van der Waals surface area contributed by atoms with Crippen molar-refractivity contribution in [3.8, 4) is 0 Å². The van der Waals surface area contributed by atoms with Gasteiger partial charge in [0.2, 0.25) is 0 Å². The first-order valence-corrected chi connectivity index (χ1v) is 4.03. The summed E-state index contributed by atoms with van der Waals surface area (Å²) < 4.78 is 36.7.